The minimum atomic E-state index is -3.59. The highest BCUT2D eigenvalue weighted by Gasteiger charge is 2.35. The quantitative estimate of drug-likeness (QED) is 0.738. The average molecular weight is 290 g/mol. The Balaban J connectivity index is 2.86. The number of nitrogens with zero attached hydrogens (tertiary/aromatic N) is 2. The van der Waals surface area contributed by atoms with Gasteiger partial charge in [0.05, 0.1) is 5.92 Å². The van der Waals surface area contributed by atoms with Gasteiger partial charge in [-0.3, -0.25) is 4.79 Å². The van der Waals surface area contributed by atoms with Crippen LogP contribution in [0.2, 0.25) is 0 Å². The molecule has 19 heavy (non-hydrogen) atoms. The normalized spacial score (nSPS) is 21.5. The van der Waals surface area contributed by atoms with Crippen molar-refractivity contribution in [3.8, 4) is 0 Å². The van der Waals surface area contributed by atoms with Crippen LogP contribution < -0.4 is 0 Å². The highest BCUT2D eigenvalue weighted by Crippen LogP contribution is 2.21. The van der Waals surface area contributed by atoms with Crippen molar-refractivity contribution in [1.82, 2.24) is 8.61 Å². The zero-order valence-electron chi connectivity index (χ0n) is 11.5. The van der Waals surface area contributed by atoms with Crippen molar-refractivity contribution >= 4 is 16.2 Å². The van der Waals surface area contributed by atoms with Gasteiger partial charge >= 0.3 is 5.97 Å². The minimum absolute atomic E-state index is 0.0599. The number of hydrogen-bond donors (Lipinski definition) is 1. The van der Waals surface area contributed by atoms with E-state index in [4.69, 9.17) is 5.11 Å². The highest BCUT2D eigenvalue weighted by molar-refractivity contribution is 7.86. The Morgan fingerprint density at radius 3 is 2.63 bits per heavy atom. The third kappa shape index (κ3) is 4.02. The first-order valence-corrected chi connectivity index (χ1v) is 7.81. The van der Waals surface area contributed by atoms with Crippen LogP contribution in [0.15, 0.2) is 12.2 Å². The van der Waals surface area contributed by atoms with Gasteiger partial charge in [0.2, 0.25) is 0 Å². The van der Waals surface area contributed by atoms with E-state index in [9.17, 15) is 13.2 Å². The lowest BCUT2D eigenvalue weighted by molar-refractivity contribution is -0.142. The Hall–Kier alpha value is -0.920. The molecule has 1 aliphatic rings. The SMILES string of the molecule is C=C(C)CN(CC)S(=O)(=O)N1CCCC(C(=O)O)C1. The zero-order chi connectivity index (χ0) is 14.6. The van der Waals surface area contributed by atoms with Gasteiger partial charge in [0.15, 0.2) is 0 Å². The van der Waals surface area contributed by atoms with Crippen molar-refractivity contribution in [2.24, 2.45) is 5.92 Å². The predicted octanol–water partition coefficient (Wildman–Crippen LogP) is 0.926. The van der Waals surface area contributed by atoms with Crippen LogP contribution in [0.25, 0.3) is 0 Å². The second kappa shape index (κ2) is 6.49. The van der Waals surface area contributed by atoms with Crippen LogP contribution in [0, 0.1) is 5.92 Å². The van der Waals surface area contributed by atoms with E-state index < -0.39 is 22.1 Å². The van der Waals surface area contributed by atoms with Crippen LogP contribution >= 0.6 is 0 Å². The van der Waals surface area contributed by atoms with Gasteiger partial charge < -0.3 is 5.11 Å². The summed E-state index contributed by atoms with van der Waals surface area (Å²) in [5.74, 6) is -1.53. The molecule has 0 saturated carbocycles. The lowest BCUT2D eigenvalue weighted by atomic mass is 10.0. The molecule has 1 unspecified atom stereocenters. The van der Waals surface area contributed by atoms with Crippen LogP contribution in [0.1, 0.15) is 26.7 Å². The molecular formula is C12H22N2O4S. The number of rotatable bonds is 6. The molecule has 0 spiro atoms. The molecule has 1 rings (SSSR count). The summed E-state index contributed by atoms with van der Waals surface area (Å²) in [6, 6.07) is 0. The van der Waals surface area contributed by atoms with Crippen LogP contribution in [-0.2, 0) is 15.0 Å². The molecule has 0 bridgehead atoms. The second-order valence-corrected chi connectivity index (χ2v) is 6.85. The molecule has 1 fully saturated rings. The van der Waals surface area contributed by atoms with Gasteiger partial charge in [-0.25, -0.2) is 0 Å². The molecule has 6 nitrogen and oxygen atoms in total. The van der Waals surface area contributed by atoms with E-state index in [0.29, 0.717) is 25.9 Å². The Bertz CT molecular complexity index is 447. The molecule has 1 saturated heterocycles. The summed E-state index contributed by atoms with van der Waals surface area (Å²) in [5.41, 5.74) is 0.761. The molecule has 0 aromatic carbocycles. The standard InChI is InChI=1S/C12H22N2O4S/c1-4-13(8-10(2)3)19(17,18)14-7-5-6-11(9-14)12(15)16/h11H,2,4-9H2,1,3H3,(H,15,16). The first-order chi connectivity index (χ1) is 8.78. The maximum Gasteiger partial charge on any atom is 0.307 e. The summed E-state index contributed by atoms with van der Waals surface area (Å²) >= 11 is 0. The second-order valence-electron chi connectivity index (χ2n) is 4.93. The number of piperidine rings is 1. The zero-order valence-corrected chi connectivity index (χ0v) is 12.3. The first kappa shape index (κ1) is 16.1. The molecular weight excluding hydrogens is 268 g/mol. The van der Waals surface area contributed by atoms with Crippen molar-refractivity contribution in [2.45, 2.75) is 26.7 Å². The monoisotopic (exact) mass is 290 g/mol. The number of carbonyl (C=O) groups is 1. The van der Waals surface area contributed by atoms with E-state index in [1.807, 2.05) is 0 Å². The van der Waals surface area contributed by atoms with Crippen LogP contribution in [0.3, 0.4) is 0 Å². The van der Waals surface area contributed by atoms with E-state index in [2.05, 4.69) is 6.58 Å². The summed E-state index contributed by atoms with van der Waals surface area (Å²) in [5, 5.41) is 9.01. The van der Waals surface area contributed by atoms with Crippen molar-refractivity contribution in [3.05, 3.63) is 12.2 Å². The summed E-state index contributed by atoms with van der Waals surface area (Å²) in [7, 11) is -3.59. The van der Waals surface area contributed by atoms with Gasteiger partial charge in [-0.05, 0) is 19.8 Å². The molecule has 0 aliphatic carbocycles. The van der Waals surface area contributed by atoms with E-state index in [1.54, 1.807) is 13.8 Å². The largest absolute Gasteiger partial charge is 0.481 e. The van der Waals surface area contributed by atoms with Gasteiger partial charge in [0.25, 0.3) is 10.2 Å². The maximum absolute atomic E-state index is 12.4. The fourth-order valence-electron chi connectivity index (χ4n) is 2.17. The fourth-order valence-corrected chi connectivity index (χ4v) is 3.94. The van der Waals surface area contributed by atoms with Crippen molar-refractivity contribution in [2.75, 3.05) is 26.2 Å². The molecule has 0 aromatic heterocycles. The third-order valence-electron chi connectivity index (χ3n) is 3.18. The van der Waals surface area contributed by atoms with Crippen molar-refractivity contribution < 1.29 is 18.3 Å². The lowest BCUT2D eigenvalue weighted by Crippen LogP contribution is -2.49. The molecule has 1 N–H and O–H groups in total. The minimum Gasteiger partial charge on any atom is -0.481 e. The Morgan fingerprint density at radius 2 is 2.16 bits per heavy atom. The summed E-state index contributed by atoms with van der Waals surface area (Å²) < 4.78 is 27.5. The molecule has 7 heteroatoms. The Kier molecular flexibility index (Phi) is 5.51. The molecule has 1 heterocycles. The maximum atomic E-state index is 12.4. The molecule has 110 valence electrons. The summed E-state index contributed by atoms with van der Waals surface area (Å²) in [4.78, 5) is 11.0. The Morgan fingerprint density at radius 1 is 1.53 bits per heavy atom. The molecule has 0 aromatic rings. The smallest absolute Gasteiger partial charge is 0.307 e. The predicted molar refractivity (Wildman–Crippen MR) is 72.9 cm³/mol. The van der Waals surface area contributed by atoms with E-state index in [0.717, 1.165) is 5.57 Å². The van der Waals surface area contributed by atoms with Gasteiger partial charge in [-0.2, -0.15) is 17.0 Å². The lowest BCUT2D eigenvalue weighted by Gasteiger charge is -2.34. The van der Waals surface area contributed by atoms with Crippen LogP contribution in [-0.4, -0.2) is 54.3 Å². The highest BCUT2D eigenvalue weighted by atomic mass is 32.2. The number of hydrogen-bond acceptors (Lipinski definition) is 3. The van der Waals surface area contributed by atoms with Gasteiger partial charge in [-0.15, -0.1) is 0 Å². The first-order valence-electron chi connectivity index (χ1n) is 6.41. The summed E-state index contributed by atoms with van der Waals surface area (Å²) in [6.45, 7) is 8.33. The molecule has 0 amide bonds. The van der Waals surface area contributed by atoms with Crippen LogP contribution in [0.4, 0.5) is 0 Å². The van der Waals surface area contributed by atoms with Gasteiger partial charge in [0.1, 0.15) is 0 Å². The molecule has 1 atom stereocenters. The van der Waals surface area contributed by atoms with Crippen LogP contribution in [0.5, 0.6) is 0 Å². The average Bonchev–Trinajstić information content (AvgIpc) is 2.35. The van der Waals surface area contributed by atoms with Gasteiger partial charge in [0, 0.05) is 26.2 Å². The van der Waals surface area contributed by atoms with E-state index in [1.165, 1.54) is 8.61 Å². The topological polar surface area (TPSA) is 77.9 Å². The van der Waals surface area contributed by atoms with Crippen molar-refractivity contribution in [1.29, 1.82) is 0 Å². The fraction of sp³-hybridized carbons (Fsp3) is 0.750. The number of likely N-dealkylation sites (N-methyl/N-ethyl adjacent to an activating group) is 1. The number of carboxylic acid groups (broad SMARTS) is 1. The third-order valence-corrected chi connectivity index (χ3v) is 5.21. The number of carboxylic acids is 1. The molecule has 0 radical (unpaired) electrons. The van der Waals surface area contributed by atoms with Gasteiger partial charge in [-0.1, -0.05) is 19.1 Å². The molecule has 1 aliphatic heterocycles. The summed E-state index contributed by atoms with van der Waals surface area (Å²) in [6.07, 6.45) is 1.12. The van der Waals surface area contributed by atoms with E-state index >= 15 is 0 Å². The van der Waals surface area contributed by atoms with Crippen molar-refractivity contribution in [3.63, 3.8) is 0 Å². The number of aliphatic carboxylic acids is 1. The Labute approximate surface area is 114 Å². The van der Waals surface area contributed by atoms with E-state index in [-0.39, 0.29) is 13.1 Å².